The van der Waals surface area contributed by atoms with Gasteiger partial charge in [-0.1, -0.05) is 190 Å². The summed E-state index contributed by atoms with van der Waals surface area (Å²) in [5.74, 6) is 2.89. The second-order valence-corrected chi connectivity index (χ2v) is 22.8. The van der Waals surface area contributed by atoms with E-state index in [-0.39, 0.29) is 11.8 Å². The monoisotopic (exact) mass is 924 g/mol. The molecule has 0 radical (unpaired) electrons. The third-order valence-electron chi connectivity index (χ3n) is 18.7. The van der Waals surface area contributed by atoms with Crippen molar-refractivity contribution in [1.82, 2.24) is 0 Å². The molecule has 0 fully saturated rings. The predicted molar refractivity (Wildman–Crippen MR) is 305 cm³/mol. The lowest BCUT2D eigenvalue weighted by molar-refractivity contribution is 0.406. The molecule has 72 heavy (non-hydrogen) atoms. The molecule has 0 heteroatoms. The summed E-state index contributed by atoms with van der Waals surface area (Å²) in [4.78, 5) is 0. The van der Waals surface area contributed by atoms with Crippen molar-refractivity contribution in [3.63, 3.8) is 0 Å². The predicted octanol–water partition coefficient (Wildman–Crippen LogP) is 16.8. The number of rotatable bonds is 7. The van der Waals surface area contributed by atoms with Gasteiger partial charge in [0.25, 0.3) is 0 Å². The van der Waals surface area contributed by atoms with E-state index in [1.807, 2.05) is 0 Å². The topological polar surface area (TPSA) is 0 Å². The number of hydrogen-bond acceptors (Lipinski definition) is 0. The van der Waals surface area contributed by atoms with Crippen LogP contribution in [0.15, 0.2) is 199 Å². The molecule has 6 aromatic carbocycles. The molecule has 6 unspecified atom stereocenters. The van der Waals surface area contributed by atoms with Gasteiger partial charge in [0.2, 0.25) is 0 Å². The van der Waals surface area contributed by atoms with Crippen LogP contribution < -0.4 is 10.4 Å². The Morgan fingerprint density at radius 3 is 1.88 bits per heavy atom. The minimum atomic E-state index is 0.199. The highest BCUT2D eigenvalue weighted by atomic mass is 14.5. The van der Waals surface area contributed by atoms with Gasteiger partial charge < -0.3 is 0 Å². The van der Waals surface area contributed by atoms with Crippen LogP contribution in [0.4, 0.5) is 0 Å². The van der Waals surface area contributed by atoms with Crippen LogP contribution in [0.5, 0.6) is 0 Å². The Bertz CT molecular complexity index is 3940. The highest BCUT2D eigenvalue weighted by Gasteiger charge is 2.44. The lowest BCUT2D eigenvalue weighted by Crippen LogP contribution is -2.41. The quantitative estimate of drug-likeness (QED) is 0.150. The Morgan fingerprint density at radius 1 is 0.486 bits per heavy atom. The summed E-state index contributed by atoms with van der Waals surface area (Å²) < 4.78 is 0. The van der Waals surface area contributed by atoms with Gasteiger partial charge in [-0.2, -0.15) is 0 Å². The zero-order valence-electron chi connectivity index (χ0n) is 42.2. The highest BCUT2D eigenvalue weighted by Crippen LogP contribution is 2.59. The van der Waals surface area contributed by atoms with Gasteiger partial charge in [-0.15, -0.1) is 0 Å². The Balaban J connectivity index is 0.933. The minimum Gasteiger partial charge on any atom is -0.0837 e. The molecule has 6 atom stereocenters. The highest BCUT2D eigenvalue weighted by molar-refractivity contribution is 6.14. The van der Waals surface area contributed by atoms with Crippen LogP contribution in [-0.4, -0.2) is 0 Å². The average Bonchev–Trinajstić information content (AvgIpc) is 3.92. The smallest absolute Gasteiger partial charge is 0.0202 e. The van der Waals surface area contributed by atoms with E-state index < -0.39 is 0 Å². The van der Waals surface area contributed by atoms with Gasteiger partial charge in [0.05, 0.1) is 0 Å². The average molecular weight is 925 g/mol. The van der Waals surface area contributed by atoms with Crippen molar-refractivity contribution in [2.75, 3.05) is 0 Å². The Morgan fingerprint density at radius 2 is 1.10 bits per heavy atom. The SMILES string of the molecule is Cc1ccccc1-c1cc(C2=CC=C3C4=c5c(ccc6c5=C(CC4)c4ccccc4-6)C4=CC=CC2C34)c(-c2ccccc2C)c2cc3c(cc12)C1=CC=C(CC(C)C2C=C(C(C)C)C=CC2)C2C=CC=C3C12. The normalized spacial score (nSPS) is 23.5. The van der Waals surface area contributed by atoms with Gasteiger partial charge >= 0.3 is 0 Å². The van der Waals surface area contributed by atoms with Gasteiger partial charge in [-0.05, 0) is 214 Å². The maximum atomic E-state index is 2.64. The Labute approximate surface area is 425 Å². The van der Waals surface area contributed by atoms with Gasteiger partial charge in [-0.25, -0.2) is 0 Å². The van der Waals surface area contributed by atoms with Crippen LogP contribution >= 0.6 is 0 Å². The van der Waals surface area contributed by atoms with Crippen molar-refractivity contribution in [2.45, 2.75) is 60.3 Å². The third-order valence-corrected chi connectivity index (χ3v) is 18.7. The first-order valence-electron chi connectivity index (χ1n) is 27.1. The molecule has 0 nitrogen and oxygen atoms in total. The molecular formula is C72H60. The third kappa shape index (κ3) is 5.99. The summed E-state index contributed by atoms with van der Waals surface area (Å²) in [6.45, 7) is 11.8. The van der Waals surface area contributed by atoms with E-state index in [1.165, 1.54) is 127 Å². The number of allylic oxidation sites excluding steroid dienone is 20. The van der Waals surface area contributed by atoms with E-state index in [1.54, 1.807) is 16.7 Å². The van der Waals surface area contributed by atoms with E-state index in [0.717, 1.165) is 25.7 Å². The molecule has 0 aliphatic heterocycles. The van der Waals surface area contributed by atoms with Gasteiger partial charge in [0, 0.05) is 23.7 Å². The van der Waals surface area contributed by atoms with Crippen LogP contribution in [0.25, 0.3) is 77.6 Å². The van der Waals surface area contributed by atoms with Crippen LogP contribution in [0, 0.1) is 55.3 Å². The molecule has 0 heterocycles. The van der Waals surface area contributed by atoms with Crippen molar-refractivity contribution in [3.05, 3.63) is 248 Å². The summed E-state index contributed by atoms with van der Waals surface area (Å²) in [5, 5.41) is 5.71. The van der Waals surface area contributed by atoms with E-state index >= 15 is 0 Å². The van der Waals surface area contributed by atoms with Crippen molar-refractivity contribution < 1.29 is 0 Å². The number of aryl methyl sites for hydroxylation is 2. The lowest BCUT2D eigenvalue weighted by Gasteiger charge is -2.41. The van der Waals surface area contributed by atoms with Crippen molar-refractivity contribution in [3.8, 4) is 33.4 Å². The molecule has 9 aliphatic carbocycles. The number of fused-ring (bicyclic) bond motifs is 9. The molecular weight excluding hydrogens is 865 g/mol. The maximum absolute atomic E-state index is 2.64. The first-order chi connectivity index (χ1) is 35.3. The fourth-order valence-electron chi connectivity index (χ4n) is 15.2. The Kier molecular flexibility index (Phi) is 9.34. The van der Waals surface area contributed by atoms with E-state index in [4.69, 9.17) is 0 Å². The summed E-state index contributed by atoms with van der Waals surface area (Å²) in [5.41, 5.74) is 31.4. The number of hydrogen-bond donors (Lipinski definition) is 0. The van der Waals surface area contributed by atoms with Gasteiger partial charge in [-0.3, -0.25) is 0 Å². The van der Waals surface area contributed by atoms with Crippen LogP contribution in [0.2, 0.25) is 0 Å². The second-order valence-electron chi connectivity index (χ2n) is 22.8. The zero-order valence-corrected chi connectivity index (χ0v) is 42.2. The van der Waals surface area contributed by atoms with Crippen LogP contribution in [0.3, 0.4) is 0 Å². The molecule has 0 saturated heterocycles. The van der Waals surface area contributed by atoms with Gasteiger partial charge in [0.15, 0.2) is 0 Å². The lowest BCUT2D eigenvalue weighted by atomic mass is 9.62. The zero-order chi connectivity index (χ0) is 48.1. The van der Waals surface area contributed by atoms with E-state index in [0.29, 0.717) is 29.6 Å². The second kappa shape index (κ2) is 15.9. The molecule has 6 aromatic rings. The first kappa shape index (κ1) is 42.4. The molecule has 0 N–H and O–H groups in total. The Hall–Kier alpha value is -7.28. The summed E-state index contributed by atoms with van der Waals surface area (Å²) in [6.07, 6.45) is 36.7. The maximum Gasteiger partial charge on any atom is 0.0202 e. The van der Waals surface area contributed by atoms with Crippen LogP contribution in [-0.2, 0) is 0 Å². The number of benzene rings is 6. The van der Waals surface area contributed by atoms with Crippen molar-refractivity contribution in [2.24, 2.45) is 41.4 Å². The molecule has 9 aliphatic rings. The molecule has 0 saturated carbocycles. The molecule has 15 rings (SSSR count). The van der Waals surface area contributed by atoms with E-state index in [2.05, 4.69) is 217 Å². The molecule has 0 bridgehead atoms. The molecule has 0 amide bonds. The summed E-state index contributed by atoms with van der Waals surface area (Å²) in [7, 11) is 0. The first-order valence-corrected chi connectivity index (χ1v) is 27.1. The van der Waals surface area contributed by atoms with Crippen molar-refractivity contribution in [1.29, 1.82) is 0 Å². The van der Waals surface area contributed by atoms with Gasteiger partial charge in [0.1, 0.15) is 0 Å². The molecule has 0 aromatic heterocycles. The summed E-state index contributed by atoms with van der Waals surface area (Å²) >= 11 is 0. The summed E-state index contributed by atoms with van der Waals surface area (Å²) in [6, 6.07) is 40.2. The molecule has 348 valence electrons. The largest absolute Gasteiger partial charge is 0.0837 e. The van der Waals surface area contributed by atoms with E-state index in [9.17, 15) is 0 Å². The standard InChI is InChI=1S/C72H60/c1-40(2)44-17-12-18-45(36-44)43(5)35-46-27-28-61-63-37-65-62(47-19-8-6-15-41(47)3)38-66(68(48-20-9-7-16-42(48)4)67(65)39-64(63)55-26-13-23-49(46)69(55)61)52-29-30-58-60-34-32-57-51-22-11-10-21-50(51)56-31-33-59(72(60)71(56)57)54-25-14-24-53(52)70(54)58/h6-17,19-31,33,36-40,43,45,49,53,69-70H,18,32,34-35H2,1-5H3. The minimum absolute atomic E-state index is 0.199. The fraction of sp³-hybridized carbons (Fsp3) is 0.222. The van der Waals surface area contributed by atoms with Crippen LogP contribution in [0.1, 0.15) is 85.4 Å². The molecule has 0 spiro atoms. The fourth-order valence-corrected chi connectivity index (χ4v) is 15.2. The van der Waals surface area contributed by atoms with Crippen molar-refractivity contribution >= 4 is 44.2 Å².